The molecule has 17 heavy (non-hydrogen) atoms. The quantitative estimate of drug-likeness (QED) is 0.713. The number of carbonyl (C=O) groups is 1. The zero-order valence-corrected chi connectivity index (χ0v) is 11.2. The highest BCUT2D eigenvalue weighted by atomic mass is 16.5. The monoisotopic (exact) mass is 240 g/mol. The lowest BCUT2D eigenvalue weighted by Gasteiger charge is -2.23. The van der Waals surface area contributed by atoms with E-state index in [2.05, 4.69) is 26.1 Å². The fraction of sp³-hybridized carbons (Fsp3) is 0.923. The standard InChI is InChI=1S/C13H24N2O2/c1-4-11-14-13(5-6-13)12(16)15(11)7-8-17-9-10(2)3/h10-11,14H,4-9H2,1-3H3. The van der Waals surface area contributed by atoms with Crippen molar-refractivity contribution in [2.45, 2.75) is 51.7 Å². The normalized spacial score (nSPS) is 26.2. The van der Waals surface area contributed by atoms with Gasteiger partial charge >= 0.3 is 0 Å². The van der Waals surface area contributed by atoms with E-state index in [1.807, 2.05) is 4.90 Å². The number of nitrogens with one attached hydrogen (secondary N) is 1. The van der Waals surface area contributed by atoms with Crippen molar-refractivity contribution in [1.29, 1.82) is 0 Å². The van der Waals surface area contributed by atoms with Crippen LogP contribution in [0.5, 0.6) is 0 Å². The second kappa shape index (κ2) is 4.94. The van der Waals surface area contributed by atoms with Crippen LogP contribution >= 0.6 is 0 Å². The summed E-state index contributed by atoms with van der Waals surface area (Å²) in [6, 6.07) is 0. The Morgan fingerprint density at radius 1 is 1.53 bits per heavy atom. The first-order valence-electron chi connectivity index (χ1n) is 6.75. The van der Waals surface area contributed by atoms with Crippen LogP contribution in [0.1, 0.15) is 40.0 Å². The molecule has 1 unspecified atom stereocenters. The van der Waals surface area contributed by atoms with Gasteiger partial charge in [0.05, 0.1) is 18.3 Å². The zero-order valence-electron chi connectivity index (χ0n) is 11.2. The minimum Gasteiger partial charge on any atom is -0.379 e. The summed E-state index contributed by atoms with van der Waals surface area (Å²) in [6.07, 6.45) is 3.20. The second-order valence-corrected chi connectivity index (χ2v) is 5.62. The maximum absolute atomic E-state index is 12.2. The molecule has 0 aromatic carbocycles. The molecule has 0 aromatic rings. The lowest BCUT2D eigenvalue weighted by Crippen LogP contribution is -2.39. The summed E-state index contributed by atoms with van der Waals surface area (Å²) >= 11 is 0. The van der Waals surface area contributed by atoms with Gasteiger partial charge in [0.1, 0.15) is 0 Å². The number of carbonyl (C=O) groups excluding carboxylic acids is 1. The van der Waals surface area contributed by atoms with Crippen LogP contribution in [0.2, 0.25) is 0 Å². The largest absolute Gasteiger partial charge is 0.379 e. The van der Waals surface area contributed by atoms with Crippen LogP contribution in [-0.2, 0) is 9.53 Å². The summed E-state index contributed by atoms with van der Waals surface area (Å²) in [5.41, 5.74) is -0.182. The van der Waals surface area contributed by atoms with Gasteiger partial charge in [0.25, 0.3) is 0 Å². The number of rotatable bonds is 6. The van der Waals surface area contributed by atoms with Crippen LogP contribution in [0.4, 0.5) is 0 Å². The minimum absolute atomic E-state index is 0.182. The molecule has 1 saturated carbocycles. The third-order valence-electron chi connectivity index (χ3n) is 3.55. The molecule has 0 bridgehead atoms. The molecule has 1 amide bonds. The highest BCUT2D eigenvalue weighted by Crippen LogP contribution is 2.42. The highest BCUT2D eigenvalue weighted by molar-refractivity contribution is 5.91. The van der Waals surface area contributed by atoms with Gasteiger partial charge in [-0.2, -0.15) is 0 Å². The molecule has 1 aliphatic carbocycles. The predicted molar refractivity (Wildman–Crippen MR) is 66.5 cm³/mol. The molecule has 2 rings (SSSR count). The van der Waals surface area contributed by atoms with E-state index in [0.717, 1.165) is 32.4 Å². The minimum atomic E-state index is -0.182. The Kier molecular flexibility index (Phi) is 3.73. The Morgan fingerprint density at radius 2 is 2.24 bits per heavy atom. The van der Waals surface area contributed by atoms with Gasteiger partial charge in [0, 0.05) is 13.2 Å². The van der Waals surface area contributed by atoms with Gasteiger partial charge in [0.15, 0.2) is 0 Å². The molecule has 1 spiro atoms. The van der Waals surface area contributed by atoms with E-state index in [4.69, 9.17) is 4.74 Å². The van der Waals surface area contributed by atoms with E-state index < -0.39 is 0 Å². The molecule has 4 nitrogen and oxygen atoms in total. The molecule has 1 N–H and O–H groups in total. The summed E-state index contributed by atoms with van der Waals surface area (Å²) in [5, 5.41) is 3.46. The molecular weight excluding hydrogens is 216 g/mol. The molecule has 4 heteroatoms. The van der Waals surface area contributed by atoms with E-state index >= 15 is 0 Å². The summed E-state index contributed by atoms with van der Waals surface area (Å²) in [5.74, 6) is 0.844. The molecule has 1 saturated heterocycles. The van der Waals surface area contributed by atoms with Gasteiger partial charge in [-0.1, -0.05) is 20.8 Å². The Balaban J connectivity index is 1.80. The van der Waals surface area contributed by atoms with Crippen molar-refractivity contribution in [3.63, 3.8) is 0 Å². The third kappa shape index (κ3) is 2.63. The molecule has 98 valence electrons. The Labute approximate surface area is 104 Å². The van der Waals surface area contributed by atoms with Crippen molar-refractivity contribution in [2.24, 2.45) is 5.92 Å². The number of amides is 1. The topological polar surface area (TPSA) is 41.6 Å². The van der Waals surface area contributed by atoms with E-state index in [-0.39, 0.29) is 17.6 Å². The maximum Gasteiger partial charge on any atom is 0.244 e. The van der Waals surface area contributed by atoms with Crippen LogP contribution in [0.15, 0.2) is 0 Å². The van der Waals surface area contributed by atoms with Gasteiger partial charge in [-0.25, -0.2) is 0 Å². The van der Waals surface area contributed by atoms with Crippen LogP contribution in [0.3, 0.4) is 0 Å². The Hall–Kier alpha value is -0.610. The van der Waals surface area contributed by atoms with Gasteiger partial charge in [0.2, 0.25) is 5.91 Å². The fourth-order valence-corrected chi connectivity index (χ4v) is 2.42. The summed E-state index contributed by atoms with van der Waals surface area (Å²) in [6.45, 7) is 8.54. The van der Waals surface area contributed by atoms with Crippen molar-refractivity contribution in [2.75, 3.05) is 19.8 Å². The van der Waals surface area contributed by atoms with Gasteiger partial charge in [-0.3, -0.25) is 10.1 Å². The van der Waals surface area contributed by atoms with Crippen molar-refractivity contribution >= 4 is 5.91 Å². The van der Waals surface area contributed by atoms with Gasteiger partial charge < -0.3 is 9.64 Å². The number of hydrogen-bond donors (Lipinski definition) is 1. The first kappa shape index (κ1) is 12.8. The molecule has 0 radical (unpaired) electrons. The van der Waals surface area contributed by atoms with Crippen molar-refractivity contribution < 1.29 is 9.53 Å². The van der Waals surface area contributed by atoms with Gasteiger partial charge in [-0.15, -0.1) is 0 Å². The SMILES string of the molecule is CCC1NC2(CC2)C(=O)N1CCOCC(C)C. The molecule has 1 atom stereocenters. The summed E-state index contributed by atoms with van der Waals surface area (Å²) in [7, 11) is 0. The van der Waals surface area contributed by atoms with Crippen LogP contribution < -0.4 is 5.32 Å². The van der Waals surface area contributed by atoms with E-state index in [0.29, 0.717) is 12.5 Å². The first-order valence-corrected chi connectivity index (χ1v) is 6.75. The van der Waals surface area contributed by atoms with Crippen LogP contribution in [0, 0.1) is 5.92 Å². The lowest BCUT2D eigenvalue weighted by molar-refractivity contribution is -0.131. The number of nitrogens with zero attached hydrogens (tertiary/aromatic N) is 1. The van der Waals surface area contributed by atoms with E-state index in [1.165, 1.54) is 0 Å². The van der Waals surface area contributed by atoms with Crippen LogP contribution in [-0.4, -0.2) is 42.3 Å². The summed E-state index contributed by atoms with van der Waals surface area (Å²) < 4.78 is 5.57. The Morgan fingerprint density at radius 3 is 2.76 bits per heavy atom. The molecule has 0 aromatic heterocycles. The highest BCUT2D eigenvalue weighted by Gasteiger charge is 2.58. The average Bonchev–Trinajstić information content (AvgIpc) is 3.01. The molecule has 2 aliphatic rings. The molecule has 1 heterocycles. The lowest BCUT2D eigenvalue weighted by atomic mass is 10.2. The fourth-order valence-electron chi connectivity index (χ4n) is 2.42. The molecular formula is C13H24N2O2. The third-order valence-corrected chi connectivity index (χ3v) is 3.55. The van der Waals surface area contributed by atoms with Crippen molar-refractivity contribution in [3.8, 4) is 0 Å². The van der Waals surface area contributed by atoms with Crippen LogP contribution in [0.25, 0.3) is 0 Å². The average molecular weight is 240 g/mol. The van der Waals surface area contributed by atoms with Crippen molar-refractivity contribution in [3.05, 3.63) is 0 Å². The van der Waals surface area contributed by atoms with Gasteiger partial charge in [-0.05, 0) is 25.2 Å². The molecule has 2 fully saturated rings. The maximum atomic E-state index is 12.2. The van der Waals surface area contributed by atoms with E-state index in [1.54, 1.807) is 0 Å². The zero-order chi connectivity index (χ0) is 12.5. The number of hydrogen-bond acceptors (Lipinski definition) is 3. The number of ether oxygens (including phenoxy) is 1. The molecule has 1 aliphatic heterocycles. The second-order valence-electron chi connectivity index (χ2n) is 5.62. The Bertz CT molecular complexity index is 287. The first-order chi connectivity index (χ1) is 8.09. The van der Waals surface area contributed by atoms with Crippen molar-refractivity contribution in [1.82, 2.24) is 10.2 Å². The van der Waals surface area contributed by atoms with E-state index in [9.17, 15) is 4.79 Å². The predicted octanol–water partition coefficient (Wildman–Crippen LogP) is 1.36. The smallest absolute Gasteiger partial charge is 0.244 e. The summed E-state index contributed by atoms with van der Waals surface area (Å²) in [4.78, 5) is 14.2.